The van der Waals surface area contributed by atoms with E-state index in [4.69, 9.17) is 15.0 Å². The van der Waals surface area contributed by atoms with Crippen LogP contribution < -0.4 is 5.43 Å². The highest BCUT2D eigenvalue weighted by Crippen LogP contribution is 2.48. The fourth-order valence-corrected chi connectivity index (χ4v) is 4.46. The first-order chi connectivity index (χ1) is 17.1. The molecule has 16 nitrogen and oxygen atoms in total. The van der Waals surface area contributed by atoms with Crippen molar-refractivity contribution in [1.29, 1.82) is 0 Å². The molecule has 0 amide bonds. The summed E-state index contributed by atoms with van der Waals surface area (Å²) in [5.41, 5.74) is 3.39. The number of nitro groups is 1. The molecule has 200 valence electrons. The van der Waals surface area contributed by atoms with Crippen molar-refractivity contribution in [2.24, 2.45) is 5.22 Å². The number of hydrogen-bond donors (Lipinski definition) is 4. The first kappa shape index (κ1) is 29.3. The smallest absolute Gasteiger partial charge is 0.305 e. The van der Waals surface area contributed by atoms with E-state index < -0.39 is 75.6 Å². The zero-order valence-corrected chi connectivity index (χ0v) is 20.1. The largest absolute Gasteiger partial charge is 0.428 e. The lowest BCUT2D eigenvalue weighted by Crippen LogP contribution is -2.86. The maximum absolute atomic E-state index is 12.9. The molecule has 6 atom stereocenters. The van der Waals surface area contributed by atoms with E-state index in [9.17, 15) is 44.6 Å². The predicted octanol–water partition coefficient (Wildman–Crippen LogP) is -0.431. The molecule has 0 saturated carbocycles. The Morgan fingerprint density at radius 3 is 2.22 bits per heavy atom. The number of para-hydroxylation sites is 1. The number of hydrogen-bond acceptors (Lipinski definition) is 12. The van der Waals surface area contributed by atoms with Gasteiger partial charge in [-0.2, -0.15) is 4.91 Å². The van der Waals surface area contributed by atoms with Gasteiger partial charge in [-0.1, -0.05) is 18.2 Å². The van der Waals surface area contributed by atoms with Gasteiger partial charge in [-0.05, 0) is 26.0 Å². The quantitative estimate of drug-likeness (QED) is 0.0761. The molecule has 1 aliphatic heterocycles. The third-order valence-corrected chi connectivity index (χ3v) is 6.13. The van der Waals surface area contributed by atoms with Gasteiger partial charge < -0.3 is 24.8 Å². The summed E-state index contributed by atoms with van der Waals surface area (Å²) in [6, 6.07) is 2.68. The fraction of sp³-hybridized carbons (Fsp3) is 0.524. The van der Waals surface area contributed by atoms with Crippen molar-refractivity contribution in [3.05, 3.63) is 50.4 Å². The molecular weight excluding hydrogens is 498 g/mol. The molecule has 1 aliphatic rings. The molecule has 0 aromatic heterocycles. The number of rotatable bonds is 10. The van der Waals surface area contributed by atoms with E-state index in [1.54, 1.807) is 0 Å². The summed E-state index contributed by atoms with van der Waals surface area (Å²) in [6.45, 7) is 3.17. The molecule has 1 fully saturated rings. The van der Waals surface area contributed by atoms with Gasteiger partial charge in [-0.25, -0.2) is 5.43 Å². The molecule has 1 heterocycles. The van der Waals surface area contributed by atoms with Crippen molar-refractivity contribution in [1.82, 2.24) is 5.43 Å². The lowest BCUT2D eigenvalue weighted by atomic mass is 9.63. The standard InChI is InChI=1S/C21H25N5O11/c1-10(27)16(31)17-20(32,11(2)28)21(33,12(3)29)18(23-25-24-22)19(37-17,36-13(4)30)9-14-7-5-6-8-15(14)26(34)35/h5-8,16-18,23,31-33H,9H2,1-4H3/t16?,17-,18+,19?,20+,21-/m1/s1. The zero-order chi connectivity index (χ0) is 28.3. The molecule has 0 bridgehead atoms. The molecule has 0 radical (unpaired) electrons. The van der Waals surface area contributed by atoms with Crippen molar-refractivity contribution < 1.29 is 48.9 Å². The third-order valence-electron chi connectivity index (χ3n) is 6.13. The van der Waals surface area contributed by atoms with Crippen molar-refractivity contribution in [2.45, 2.75) is 69.4 Å². The van der Waals surface area contributed by atoms with Crippen LogP contribution in [0.25, 0.3) is 10.4 Å². The van der Waals surface area contributed by atoms with Crippen molar-refractivity contribution >= 4 is 29.0 Å². The van der Waals surface area contributed by atoms with Crippen LogP contribution in [0.4, 0.5) is 5.69 Å². The highest BCUT2D eigenvalue weighted by molar-refractivity contribution is 6.00. The van der Waals surface area contributed by atoms with Gasteiger partial charge in [0, 0.05) is 25.0 Å². The van der Waals surface area contributed by atoms with Crippen molar-refractivity contribution in [3.8, 4) is 0 Å². The molecule has 2 rings (SSSR count). The minimum absolute atomic E-state index is 0.197. The van der Waals surface area contributed by atoms with E-state index in [1.165, 1.54) is 18.2 Å². The molecule has 0 spiro atoms. The van der Waals surface area contributed by atoms with Crippen molar-refractivity contribution in [2.75, 3.05) is 0 Å². The number of carbonyl (C=O) groups is 4. The van der Waals surface area contributed by atoms with Crippen LogP contribution in [0.1, 0.15) is 33.3 Å². The number of benzene rings is 1. The summed E-state index contributed by atoms with van der Waals surface area (Å²) in [6.07, 6.45) is -5.67. The van der Waals surface area contributed by atoms with Crippen LogP contribution in [0, 0.1) is 10.1 Å². The van der Waals surface area contributed by atoms with Crippen molar-refractivity contribution in [3.63, 3.8) is 0 Å². The summed E-state index contributed by atoms with van der Waals surface area (Å²) in [5, 5.41) is 48.5. The molecule has 4 N–H and O–H groups in total. The first-order valence-electron chi connectivity index (χ1n) is 10.6. The van der Waals surface area contributed by atoms with Gasteiger partial charge in [0.1, 0.15) is 12.2 Å². The summed E-state index contributed by atoms with van der Waals surface area (Å²) < 4.78 is 11.0. The lowest BCUT2D eigenvalue weighted by molar-refractivity contribution is -0.387. The maximum atomic E-state index is 12.9. The first-order valence-corrected chi connectivity index (χ1v) is 10.6. The van der Waals surface area contributed by atoms with Crippen LogP contribution in [0.3, 0.4) is 0 Å². The number of nitrogens with one attached hydrogen (secondary N) is 1. The van der Waals surface area contributed by atoms with Gasteiger partial charge in [-0.15, -0.1) is 5.53 Å². The summed E-state index contributed by atoms with van der Waals surface area (Å²) in [7, 11) is 0. The molecule has 1 aromatic carbocycles. The van der Waals surface area contributed by atoms with E-state index in [0.717, 1.165) is 33.8 Å². The van der Waals surface area contributed by atoms with Crippen LogP contribution >= 0.6 is 0 Å². The zero-order valence-electron chi connectivity index (χ0n) is 20.1. The van der Waals surface area contributed by atoms with Crippen LogP contribution in [0.2, 0.25) is 0 Å². The maximum Gasteiger partial charge on any atom is 0.305 e. The van der Waals surface area contributed by atoms with Gasteiger partial charge in [0.25, 0.3) is 11.5 Å². The van der Waals surface area contributed by atoms with Crippen LogP contribution in [0.5, 0.6) is 0 Å². The number of azide groups is 1. The monoisotopic (exact) mass is 523 g/mol. The Balaban J connectivity index is 3.04. The molecule has 2 unspecified atom stereocenters. The summed E-state index contributed by atoms with van der Waals surface area (Å²) >= 11 is 0. The highest BCUT2D eigenvalue weighted by atomic mass is 16.7. The second kappa shape index (κ2) is 10.6. The second-order valence-electron chi connectivity index (χ2n) is 8.46. The molecule has 37 heavy (non-hydrogen) atoms. The number of nitrogens with zero attached hydrogens (tertiary/aromatic N) is 4. The molecule has 1 aromatic rings. The third kappa shape index (κ3) is 4.87. The average Bonchev–Trinajstić information content (AvgIpc) is 2.80. The Morgan fingerprint density at radius 1 is 1.19 bits per heavy atom. The minimum Gasteiger partial charge on any atom is -0.428 e. The topological polar surface area (TPSA) is 251 Å². The van der Waals surface area contributed by atoms with E-state index in [2.05, 4.69) is 10.1 Å². The van der Waals surface area contributed by atoms with E-state index in [-0.39, 0.29) is 5.56 Å². The fourth-order valence-electron chi connectivity index (χ4n) is 4.46. The highest BCUT2D eigenvalue weighted by Gasteiger charge is 2.78. The Bertz CT molecular complexity index is 1190. The van der Waals surface area contributed by atoms with Gasteiger partial charge in [0.2, 0.25) is 11.6 Å². The number of ether oxygens (including phenoxy) is 2. The number of ketones is 3. The predicted molar refractivity (Wildman–Crippen MR) is 120 cm³/mol. The number of carbonyl (C=O) groups excluding carboxylic acids is 4. The number of aliphatic hydroxyl groups is 3. The van der Waals surface area contributed by atoms with Crippen LogP contribution in [-0.2, 0) is 35.1 Å². The van der Waals surface area contributed by atoms with Gasteiger partial charge in [0.05, 0.1) is 4.92 Å². The Labute approximate surface area is 208 Å². The molecule has 16 heteroatoms. The molecule has 0 aliphatic carbocycles. The second-order valence-corrected chi connectivity index (χ2v) is 8.46. The lowest BCUT2D eigenvalue weighted by Gasteiger charge is -2.57. The number of Topliss-reactive ketones (excluding diaryl/α,β-unsaturated/α-hetero) is 3. The normalized spacial score (nSPS) is 29.8. The minimum atomic E-state index is -3.40. The van der Waals surface area contributed by atoms with Crippen LogP contribution in [-0.4, -0.2) is 78.8 Å². The Morgan fingerprint density at radius 2 is 1.76 bits per heavy atom. The Hall–Kier alpha value is -3.95. The SMILES string of the molecule is CC(=O)OC1(Cc2ccccc2[N+](=O)[O-])O[C@H](C(O)C(C)=O)[C@@](O)(C(C)=O)[C@@](O)(C(C)=O)[C@H]1NN=[N+]=[N-]. The number of esters is 1. The van der Waals surface area contributed by atoms with Gasteiger partial charge in [-0.3, -0.25) is 29.3 Å². The number of aliphatic hydroxyl groups excluding tert-OH is 1. The van der Waals surface area contributed by atoms with E-state index >= 15 is 0 Å². The van der Waals surface area contributed by atoms with Gasteiger partial charge >= 0.3 is 5.97 Å². The van der Waals surface area contributed by atoms with E-state index in [1.807, 2.05) is 5.43 Å². The summed E-state index contributed by atoms with van der Waals surface area (Å²) in [5.74, 6) is -7.74. The molecular formula is C21H25N5O11. The average molecular weight is 523 g/mol. The summed E-state index contributed by atoms with van der Waals surface area (Å²) in [4.78, 5) is 63.3. The van der Waals surface area contributed by atoms with Gasteiger partial charge in [0.15, 0.2) is 23.0 Å². The van der Waals surface area contributed by atoms with E-state index in [0.29, 0.717) is 0 Å². The number of nitro benzene ring substituents is 1. The Kier molecular flexibility index (Phi) is 8.37. The van der Waals surface area contributed by atoms with Crippen LogP contribution in [0.15, 0.2) is 29.5 Å². The molecule has 1 saturated heterocycles.